The zero-order valence-electron chi connectivity index (χ0n) is 18.4. The van der Waals surface area contributed by atoms with E-state index in [1.165, 1.54) is 23.9 Å². The number of anilines is 2. The van der Waals surface area contributed by atoms with E-state index in [-0.39, 0.29) is 5.91 Å². The maximum Gasteiger partial charge on any atom is 0.328 e. The van der Waals surface area contributed by atoms with Crippen LogP contribution < -0.4 is 10.2 Å². The zero-order valence-corrected chi connectivity index (χ0v) is 18.4. The summed E-state index contributed by atoms with van der Waals surface area (Å²) in [7, 11) is 0. The van der Waals surface area contributed by atoms with Gasteiger partial charge in [0.2, 0.25) is 0 Å². The zero-order chi connectivity index (χ0) is 22.7. The average molecular weight is 437 g/mol. The van der Waals surface area contributed by atoms with Crippen LogP contribution in [0.5, 0.6) is 0 Å². The number of carbonyl (C=O) groups excluding carboxylic acids is 1. The van der Waals surface area contributed by atoms with Crippen molar-refractivity contribution in [2.24, 2.45) is 5.92 Å². The molecule has 168 valence electrons. The Morgan fingerprint density at radius 2 is 2.06 bits per heavy atom. The highest BCUT2D eigenvalue weighted by molar-refractivity contribution is 6.04. The second-order valence-corrected chi connectivity index (χ2v) is 8.25. The monoisotopic (exact) mass is 436 g/mol. The molecule has 1 saturated carbocycles. The molecule has 9 heteroatoms. The molecule has 1 aliphatic carbocycles. The predicted molar refractivity (Wildman–Crippen MR) is 122 cm³/mol. The third-order valence-electron chi connectivity index (χ3n) is 5.65. The second-order valence-electron chi connectivity index (χ2n) is 8.25. The maximum absolute atomic E-state index is 12.8. The molecule has 2 aromatic heterocycles. The van der Waals surface area contributed by atoms with Crippen LogP contribution >= 0.6 is 0 Å². The van der Waals surface area contributed by atoms with Crippen molar-refractivity contribution in [2.45, 2.75) is 45.6 Å². The number of nitrogens with zero attached hydrogens (tertiary/aromatic N) is 5. The molecule has 3 aromatic rings. The molecule has 1 atom stereocenters. The quantitative estimate of drug-likeness (QED) is 0.498. The van der Waals surface area contributed by atoms with Crippen LogP contribution in [-0.2, 0) is 4.79 Å². The fourth-order valence-electron chi connectivity index (χ4n) is 3.78. The molecule has 0 bridgehead atoms. The van der Waals surface area contributed by atoms with Gasteiger partial charge in [0.15, 0.2) is 0 Å². The second kappa shape index (κ2) is 9.33. The number of aromatic nitrogens is 4. The number of fused-ring (bicyclic) bond motifs is 1. The average Bonchev–Trinajstić information content (AvgIpc) is 3.50. The highest BCUT2D eigenvalue weighted by atomic mass is 16.4. The summed E-state index contributed by atoms with van der Waals surface area (Å²) in [6.45, 7) is 5.79. The molecule has 1 unspecified atom stereocenters. The molecule has 2 N–H and O–H groups in total. The van der Waals surface area contributed by atoms with Crippen LogP contribution in [0.15, 0.2) is 36.8 Å². The van der Waals surface area contributed by atoms with Crippen molar-refractivity contribution in [2.75, 3.05) is 23.3 Å². The van der Waals surface area contributed by atoms with Gasteiger partial charge in [0.25, 0.3) is 5.91 Å². The lowest BCUT2D eigenvalue weighted by molar-refractivity contribution is -0.141. The Hall–Kier alpha value is -3.49. The van der Waals surface area contributed by atoms with E-state index in [1.54, 1.807) is 37.4 Å². The van der Waals surface area contributed by atoms with Gasteiger partial charge in [-0.25, -0.2) is 14.8 Å². The van der Waals surface area contributed by atoms with Crippen LogP contribution in [0.3, 0.4) is 0 Å². The number of aliphatic carboxylic acids is 1. The largest absolute Gasteiger partial charge is 0.480 e. The van der Waals surface area contributed by atoms with Gasteiger partial charge in [-0.1, -0.05) is 13.8 Å². The van der Waals surface area contributed by atoms with E-state index in [0.717, 1.165) is 36.6 Å². The highest BCUT2D eigenvalue weighted by Crippen LogP contribution is 2.31. The highest BCUT2D eigenvalue weighted by Gasteiger charge is 2.25. The number of hydrogen-bond acceptors (Lipinski definition) is 6. The molecule has 2 heterocycles. The molecule has 0 aliphatic heterocycles. The minimum Gasteiger partial charge on any atom is -0.480 e. The lowest BCUT2D eigenvalue weighted by Gasteiger charge is -2.23. The third kappa shape index (κ3) is 4.87. The van der Waals surface area contributed by atoms with Crippen molar-refractivity contribution in [3.05, 3.63) is 42.5 Å². The molecule has 0 radical (unpaired) electrons. The van der Waals surface area contributed by atoms with Gasteiger partial charge in [-0.05, 0) is 49.8 Å². The van der Waals surface area contributed by atoms with E-state index in [1.807, 2.05) is 0 Å². The van der Waals surface area contributed by atoms with E-state index in [9.17, 15) is 14.7 Å². The number of amides is 1. The predicted octanol–water partition coefficient (Wildman–Crippen LogP) is 3.74. The van der Waals surface area contributed by atoms with Crippen LogP contribution in [-0.4, -0.2) is 49.8 Å². The summed E-state index contributed by atoms with van der Waals surface area (Å²) < 4.78 is 1.46. The summed E-state index contributed by atoms with van der Waals surface area (Å²) in [4.78, 5) is 35.0. The third-order valence-corrected chi connectivity index (χ3v) is 5.65. The Labute approximate surface area is 186 Å². The van der Waals surface area contributed by atoms with Gasteiger partial charge >= 0.3 is 5.97 Å². The molecule has 32 heavy (non-hydrogen) atoms. The van der Waals surface area contributed by atoms with Crippen LogP contribution in [0.25, 0.3) is 10.9 Å². The van der Waals surface area contributed by atoms with Crippen molar-refractivity contribution in [1.29, 1.82) is 0 Å². The standard InChI is InChI=1S/C23H28N6O3/c1-3-9-28(12-15-5-6-15)21-11-19(24-14-25-21)22(30)26-17-7-8-18-16(10-17)13-29(27-18)20(4-2)23(31)32/h7-8,10-11,13-15,20H,3-6,9,12H2,1-2H3,(H,26,30)(H,31,32). The van der Waals surface area contributed by atoms with E-state index in [4.69, 9.17) is 0 Å². The Morgan fingerprint density at radius 1 is 1.25 bits per heavy atom. The lowest BCUT2D eigenvalue weighted by Crippen LogP contribution is -2.28. The number of carboxylic acid groups (broad SMARTS) is 1. The molecule has 9 nitrogen and oxygen atoms in total. The summed E-state index contributed by atoms with van der Waals surface area (Å²) in [5.41, 5.74) is 1.57. The molecule has 0 spiro atoms. The van der Waals surface area contributed by atoms with Gasteiger partial charge in [0, 0.05) is 36.4 Å². The summed E-state index contributed by atoms with van der Waals surface area (Å²) in [5.74, 6) is 0.247. The van der Waals surface area contributed by atoms with Crippen molar-refractivity contribution in [1.82, 2.24) is 19.7 Å². The number of carboxylic acids is 1. The number of rotatable bonds is 10. The van der Waals surface area contributed by atoms with E-state index >= 15 is 0 Å². The van der Waals surface area contributed by atoms with E-state index < -0.39 is 12.0 Å². The summed E-state index contributed by atoms with van der Waals surface area (Å²) >= 11 is 0. The molecule has 1 amide bonds. The van der Waals surface area contributed by atoms with Crippen LogP contribution in [0.1, 0.15) is 56.1 Å². The van der Waals surface area contributed by atoms with Crippen molar-refractivity contribution in [3.8, 4) is 0 Å². The molecule has 4 rings (SSSR count). The smallest absolute Gasteiger partial charge is 0.328 e. The Bertz CT molecular complexity index is 1120. The number of hydrogen-bond donors (Lipinski definition) is 2. The molecular weight excluding hydrogens is 408 g/mol. The van der Waals surface area contributed by atoms with Gasteiger partial charge in [0.05, 0.1) is 5.52 Å². The normalized spacial score (nSPS) is 14.3. The maximum atomic E-state index is 12.8. The summed E-state index contributed by atoms with van der Waals surface area (Å²) in [6.07, 6.45) is 7.07. The molecule has 0 saturated heterocycles. The van der Waals surface area contributed by atoms with Gasteiger partial charge in [0.1, 0.15) is 23.9 Å². The molecule has 1 aromatic carbocycles. The molecule has 1 aliphatic rings. The van der Waals surface area contributed by atoms with Crippen LogP contribution in [0, 0.1) is 5.92 Å². The lowest BCUT2D eigenvalue weighted by atomic mass is 10.2. The summed E-state index contributed by atoms with van der Waals surface area (Å²) in [5, 5.41) is 17.4. The van der Waals surface area contributed by atoms with Gasteiger partial charge in [-0.15, -0.1) is 0 Å². The topological polar surface area (TPSA) is 113 Å². The van der Waals surface area contributed by atoms with E-state index in [0.29, 0.717) is 23.3 Å². The first kappa shape index (κ1) is 21.7. The SMILES string of the molecule is CCCN(CC1CC1)c1cc(C(=O)Nc2ccc3nn(C(CC)C(=O)O)cc3c2)ncn1. The Kier molecular flexibility index (Phi) is 6.34. The van der Waals surface area contributed by atoms with E-state index in [2.05, 4.69) is 32.2 Å². The minimum atomic E-state index is -0.924. The van der Waals surface area contributed by atoms with Gasteiger partial charge < -0.3 is 15.3 Å². The van der Waals surface area contributed by atoms with Gasteiger partial charge in [-0.2, -0.15) is 5.10 Å². The first-order valence-corrected chi connectivity index (χ1v) is 11.1. The fraction of sp³-hybridized carbons (Fsp3) is 0.435. The fourth-order valence-corrected chi connectivity index (χ4v) is 3.78. The van der Waals surface area contributed by atoms with Crippen molar-refractivity contribution >= 4 is 34.3 Å². The minimum absolute atomic E-state index is 0.305. The van der Waals surface area contributed by atoms with Crippen LogP contribution in [0.4, 0.5) is 11.5 Å². The van der Waals surface area contributed by atoms with Crippen LogP contribution in [0.2, 0.25) is 0 Å². The van der Waals surface area contributed by atoms with Crippen molar-refractivity contribution in [3.63, 3.8) is 0 Å². The van der Waals surface area contributed by atoms with Crippen molar-refractivity contribution < 1.29 is 14.7 Å². The number of carbonyl (C=O) groups is 2. The number of nitrogens with one attached hydrogen (secondary N) is 1. The molecular formula is C23H28N6O3. The summed E-state index contributed by atoms with van der Waals surface area (Å²) in [6, 6.07) is 6.31. The Morgan fingerprint density at radius 3 is 2.75 bits per heavy atom. The first-order chi connectivity index (χ1) is 15.5. The first-order valence-electron chi connectivity index (χ1n) is 11.1. The number of benzene rings is 1. The molecule has 1 fully saturated rings. The Balaban J connectivity index is 1.51. The van der Waals surface area contributed by atoms with Gasteiger partial charge in [-0.3, -0.25) is 9.48 Å².